The predicted molar refractivity (Wildman–Crippen MR) is 117 cm³/mol. The summed E-state index contributed by atoms with van der Waals surface area (Å²) in [5.41, 5.74) is 6.29. The van der Waals surface area contributed by atoms with Gasteiger partial charge in [-0.2, -0.15) is 0 Å². The van der Waals surface area contributed by atoms with E-state index in [1.54, 1.807) is 0 Å². The summed E-state index contributed by atoms with van der Waals surface area (Å²) in [4.78, 5) is 15.5. The van der Waals surface area contributed by atoms with E-state index in [0.717, 1.165) is 38.8 Å². The SMILES string of the molecule is CC1(C(=O)O)CCC(Cc2ccc(Cl)cc2)[N+](c2nnc(N)[nH]2)(C2CCNCC2)C1. The second-order valence-corrected chi connectivity index (χ2v) is 9.43. The van der Waals surface area contributed by atoms with Crippen LogP contribution >= 0.6 is 11.6 Å². The van der Waals surface area contributed by atoms with Gasteiger partial charge in [0.05, 0.1) is 6.04 Å². The van der Waals surface area contributed by atoms with Crippen molar-refractivity contribution in [2.75, 3.05) is 25.4 Å². The minimum absolute atomic E-state index is 0.175. The number of nitrogens with one attached hydrogen (secondary N) is 2. The molecule has 1 aromatic heterocycles. The Balaban J connectivity index is 1.81. The first-order valence-electron chi connectivity index (χ1n) is 10.6. The molecular formula is C21H30ClN6O2+. The van der Waals surface area contributed by atoms with Crippen molar-refractivity contribution in [1.29, 1.82) is 0 Å². The second-order valence-electron chi connectivity index (χ2n) is 8.99. The predicted octanol–water partition coefficient (Wildman–Crippen LogP) is 2.60. The molecule has 2 saturated heterocycles. The van der Waals surface area contributed by atoms with Crippen molar-refractivity contribution in [3.63, 3.8) is 0 Å². The number of aliphatic carboxylic acids is 1. The zero-order chi connectivity index (χ0) is 21.4. The number of carboxylic acids is 1. The number of carboxylic acid groups (broad SMARTS) is 1. The maximum absolute atomic E-state index is 12.3. The molecule has 0 radical (unpaired) electrons. The Kier molecular flexibility index (Phi) is 5.74. The number of nitrogen functional groups attached to an aromatic ring is 1. The standard InChI is InChI=1S/C21H29ClN6O2/c1-21(18(29)30)9-6-17(12-14-2-4-15(22)5-3-14)28(13-21,16-7-10-24-11-8-16)20-25-19(23)26-27-20/h2-5,16-17,24H,6-13H2,1H3,(H3-,23,25,26,27,29,30)/p+1. The molecule has 162 valence electrons. The fourth-order valence-electron chi connectivity index (χ4n) is 5.40. The average molecular weight is 434 g/mol. The second kappa shape index (κ2) is 8.17. The van der Waals surface area contributed by atoms with Crippen LogP contribution < -0.4 is 15.5 Å². The van der Waals surface area contributed by atoms with E-state index in [1.807, 2.05) is 19.1 Å². The zero-order valence-electron chi connectivity index (χ0n) is 17.3. The summed E-state index contributed by atoms with van der Waals surface area (Å²) < 4.78 is 0.483. The first-order chi connectivity index (χ1) is 14.3. The van der Waals surface area contributed by atoms with Crippen molar-refractivity contribution >= 4 is 29.5 Å². The van der Waals surface area contributed by atoms with Gasteiger partial charge in [0, 0.05) is 43.8 Å². The molecule has 0 aliphatic carbocycles. The van der Waals surface area contributed by atoms with Crippen LogP contribution in [0.15, 0.2) is 24.3 Å². The maximum Gasteiger partial charge on any atom is 0.328 e. The number of likely N-dealkylation sites (tertiary alicyclic amines) is 1. The van der Waals surface area contributed by atoms with E-state index in [9.17, 15) is 9.90 Å². The molecule has 2 aromatic rings. The molecule has 3 atom stereocenters. The number of H-pyrrole nitrogens is 1. The van der Waals surface area contributed by atoms with E-state index in [4.69, 9.17) is 17.3 Å². The topological polar surface area (TPSA) is 117 Å². The van der Waals surface area contributed by atoms with Gasteiger partial charge in [0.15, 0.2) is 0 Å². The number of halogens is 1. The lowest BCUT2D eigenvalue weighted by molar-refractivity contribution is -0.153. The minimum Gasteiger partial charge on any atom is -0.481 e. The average Bonchev–Trinajstić information content (AvgIpc) is 3.18. The number of aromatic nitrogens is 3. The molecule has 3 unspecified atom stereocenters. The Hall–Kier alpha value is -2.16. The van der Waals surface area contributed by atoms with Gasteiger partial charge in [-0.25, -0.2) is 0 Å². The number of aromatic amines is 1. The number of hydrogen-bond donors (Lipinski definition) is 4. The van der Waals surface area contributed by atoms with Crippen molar-refractivity contribution in [1.82, 2.24) is 25.0 Å². The highest BCUT2D eigenvalue weighted by atomic mass is 35.5. The highest BCUT2D eigenvalue weighted by Gasteiger charge is 2.57. The van der Waals surface area contributed by atoms with Crippen LogP contribution in [0.2, 0.25) is 5.02 Å². The van der Waals surface area contributed by atoms with Crippen molar-refractivity contribution < 1.29 is 9.90 Å². The van der Waals surface area contributed by atoms with E-state index >= 15 is 0 Å². The van der Waals surface area contributed by atoms with Crippen LogP contribution in [-0.2, 0) is 11.2 Å². The van der Waals surface area contributed by atoms with E-state index in [0.29, 0.717) is 28.4 Å². The molecule has 0 saturated carbocycles. The van der Waals surface area contributed by atoms with Gasteiger partial charge in [-0.15, -0.1) is 5.10 Å². The highest BCUT2D eigenvalue weighted by Crippen LogP contribution is 2.45. The molecule has 5 N–H and O–H groups in total. The number of nitrogens with zero attached hydrogens (tertiary/aromatic N) is 3. The molecule has 2 fully saturated rings. The monoisotopic (exact) mass is 433 g/mol. The van der Waals surface area contributed by atoms with Gasteiger partial charge in [0.1, 0.15) is 18.0 Å². The number of benzene rings is 1. The molecular weight excluding hydrogens is 404 g/mol. The fourth-order valence-corrected chi connectivity index (χ4v) is 5.53. The van der Waals surface area contributed by atoms with Crippen LogP contribution in [0.3, 0.4) is 0 Å². The molecule has 8 nitrogen and oxygen atoms in total. The van der Waals surface area contributed by atoms with Crippen molar-refractivity contribution in [2.45, 2.75) is 51.1 Å². The van der Waals surface area contributed by atoms with Crippen LogP contribution in [-0.4, -0.2) is 58.0 Å². The molecule has 2 aliphatic rings. The number of anilines is 1. The molecule has 3 heterocycles. The van der Waals surface area contributed by atoms with Gasteiger partial charge >= 0.3 is 11.9 Å². The van der Waals surface area contributed by atoms with Crippen molar-refractivity contribution in [3.8, 4) is 0 Å². The molecule has 4 rings (SSSR count). The largest absolute Gasteiger partial charge is 0.481 e. The summed E-state index contributed by atoms with van der Waals surface area (Å²) >= 11 is 6.09. The van der Waals surface area contributed by atoms with E-state index in [2.05, 4.69) is 32.6 Å². The van der Waals surface area contributed by atoms with Crippen LogP contribution in [0.5, 0.6) is 0 Å². The molecule has 9 heteroatoms. The first kappa shape index (κ1) is 21.1. The van der Waals surface area contributed by atoms with Gasteiger partial charge < -0.3 is 16.2 Å². The summed E-state index contributed by atoms with van der Waals surface area (Å²) in [6, 6.07) is 8.35. The van der Waals surface area contributed by atoms with Crippen LogP contribution in [0.4, 0.5) is 11.9 Å². The van der Waals surface area contributed by atoms with Crippen molar-refractivity contribution in [3.05, 3.63) is 34.9 Å². The van der Waals surface area contributed by atoms with E-state index < -0.39 is 11.4 Å². The van der Waals surface area contributed by atoms with Crippen LogP contribution in [0, 0.1) is 5.41 Å². The Labute approximate surface area is 181 Å². The molecule has 2 aliphatic heterocycles. The smallest absolute Gasteiger partial charge is 0.328 e. The lowest BCUT2D eigenvalue weighted by atomic mass is 9.75. The molecule has 0 bridgehead atoms. The van der Waals surface area contributed by atoms with Crippen LogP contribution in [0.1, 0.15) is 38.2 Å². The first-order valence-corrected chi connectivity index (χ1v) is 11.0. The quantitative estimate of drug-likeness (QED) is 0.538. The molecule has 1 aromatic carbocycles. The lowest BCUT2D eigenvalue weighted by Gasteiger charge is -2.54. The van der Waals surface area contributed by atoms with Gasteiger partial charge in [0.25, 0.3) is 0 Å². The number of hydrogen-bond acceptors (Lipinski definition) is 5. The third-order valence-corrected chi connectivity index (χ3v) is 7.29. The summed E-state index contributed by atoms with van der Waals surface area (Å²) in [5, 5.41) is 22.7. The third-order valence-electron chi connectivity index (χ3n) is 7.04. The van der Waals surface area contributed by atoms with E-state index in [-0.39, 0.29) is 18.0 Å². The third kappa shape index (κ3) is 3.79. The van der Waals surface area contributed by atoms with Gasteiger partial charge in [-0.05, 0) is 31.0 Å². The maximum atomic E-state index is 12.3. The lowest BCUT2D eigenvalue weighted by Crippen LogP contribution is -2.72. The minimum atomic E-state index is -0.830. The summed E-state index contributed by atoms with van der Waals surface area (Å²) in [6.45, 7) is 4.15. The Morgan fingerprint density at radius 3 is 2.57 bits per heavy atom. The summed E-state index contributed by atoms with van der Waals surface area (Å²) in [5.74, 6) is 0.200. The highest BCUT2D eigenvalue weighted by molar-refractivity contribution is 6.30. The van der Waals surface area contributed by atoms with Crippen LogP contribution in [0.25, 0.3) is 0 Å². The fraction of sp³-hybridized carbons (Fsp3) is 0.571. The van der Waals surface area contributed by atoms with Gasteiger partial charge in [-0.1, -0.05) is 28.8 Å². The Bertz CT molecular complexity index is 897. The molecule has 0 spiro atoms. The van der Waals surface area contributed by atoms with Gasteiger partial charge in [0.2, 0.25) is 5.95 Å². The number of piperidine rings is 2. The number of rotatable bonds is 5. The number of carbonyl (C=O) groups is 1. The molecule has 0 amide bonds. The molecule has 30 heavy (non-hydrogen) atoms. The number of quaternary nitrogens is 1. The van der Waals surface area contributed by atoms with Gasteiger partial charge in [-0.3, -0.25) is 14.3 Å². The zero-order valence-corrected chi connectivity index (χ0v) is 18.0. The van der Waals surface area contributed by atoms with Crippen molar-refractivity contribution in [2.24, 2.45) is 5.41 Å². The van der Waals surface area contributed by atoms with E-state index in [1.165, 1.54) is 5.56 Å². The Morgan fingerprint density at radius 2 is 1.97 bits per heavy atom. The number of nitrogens with two attached hydrogens (primary N) is 1. The normalized spacial score (nSPS) is 30.3. The Morgan fingerprint density at radius 1 is 1.27 bits per heavy atom. The summed E-state index contributed by atoms with van der Waals surface area (Å²) in [6.07, 6.45) is 4.14. The summed E-state index contributed by atoms with van der Waals surface area (Å²) in [7, 11) is 0.